The van der Waals surface area contributed by atoms with Crippen molar-refractivity contribution in [2.45, 2.75) is 0 Å². The molecular weight excluding hydrogens is 174 g/mol. The second-order valence-electron chi connectivity index (χ2n) is 2.35. The Morgan fingerprint density at radius 1 is 1.31 bits per heavy atom. The number of hydrogen-bond donors (Lipinski definition) is 0. The molecule has 1 aromatic carbocycles. The number of benzene rings is 1. The van der Waals surface area contributed by atoms with Gasteiger partial charge in [-0.15, -0.1) is 0 Å². The van der Waals surface area contributed by atoms with E-state index in [0.717, 1.165) is 0 Å². The molecule has 0 aliphatic rings. The van der Waals surface area contributed by atoms with Crippen molar-refractivity contribution in [2.75, 3.05) is 14.2 Å². The van der Waals surface area contributed by atoms with Gasteiger partial charge in [-0.1, -0.05) is 0 Å². The first-order valence-corrected chi connectivity index (χ1v) is 3.59. The minimum absolute atomic E-state index is 0.00134. The summed E-state index contributed by atoms with van der Waals surface area (Å²) in [4.78, 5) is 10.4. The molecule has 0 saturated heterocycles. The van der Waals surface area contributed by atoms with Gasteiger partial charge in [0.25, 0.3) is 0 Å². The van der Waals surface area contributed by atoms with Gasteiger partial charge in [0.15, 0.2) is 17.9 Å². The van der Waals surface area contributed by atoms with Crippen molar-refractivity contribution in [3.63, 3.8) is 0 Å². The average Bonchev–Trinajstić information content (AvgIpc) is 2.18. The Morgan fingerprint density at radius 3 is 2.46 bits per heavy atom. The van der Waals surface area contributed by atoms with Gasteiger partial charge in [-0.25, -0.2) is 4.39 Å². The van der Waals surface area contributed by atoms with E-state index in [1.54, 1.807) is 0 Å². The van der Waals surface area contributed by atoms with Gasteiger partial charge in [-0.2, -0.15) is 0 Å². The maximum absolute atomic E-state index is 13.2. The molecule has 70 valence electrons. The monoisotopic (exact) mass is 183 g/mol. The lowest BCUT2D eigenvalue weighted by molar-refractivity contribution is 0.111. The largest absolute Gasteiger partial charge is 0.497 e. The van der Waals surface area contributed by atoms with Crippen molar-refractivity contribution in [3.8, 4) is 11.5 Å². The molecule has 0 amide bonds. The Kier molecular flexibility index (Phi) is 2.84. The van der Waals surface area contributed by atoms with Gasteiger partial charge in [0, 0.05) is 6.07 Å². The summed E-state index contributed by atoms with van der Waals surface area (Å²) < 4.78 is 22.7. The number of aldehydes is 1. The molecule has 0 aliphatic heterocycles. The Labute approximate surface area is 75.1 Å². The second kappa shape index (κ2) is 3.89. The Hall–Kier alpha value is -1.58. The summed E-state index contributed by atoms with van der Waals surface area (Å²) in [6.07, 6.45) is 0.417. The fraction of sp³-hybridized carbons (Fsp3) is 0.222. The summed E-state index contributed by atoms with van der Waals surface area (Å²) in [7, 11) is 2.76. The molecule has 0 fully saturated rings. The molecule has 0 unspecified atom stereocenters. The molecule has 0 N–H and O–H groups in total. The van der Waals surface area contributed by atoms with Crippen molar-refractivity contribution in [3.05, 3.63) is 23.5 Å². The van der Waals surface area contributed by atoms with E-state index >= 15 is 0 Å². The SMILES string of the molecule is COc1cc(C=O)c([18F])c(OC)c1. The summed E-state index contributed by atoms with van der Waals surface area (Å²) in [5, 5.41) is 0. The lowest BCUT2D eigenvalue weighted by Crippen LogP contribution is -1.95. The molecule has 0 aliphatic carbocycles. The van der Waals surface area contributed by atoms with Crippen molar-refractivity contribution < 1.29 is 18.7 Å². The van der Waals surface area contributed by atoms with E-state index < -0.39 is 5.82 Å². The predicted molar refractivity (Wildman–Crippen MR) is 44.9 cm³/mol. The molecule has 4 heteroatoms. The van der Waals surface area contributed by atoms with E-state index in [9.17, 15) is 9.18 Å². The van der Waals surface area contributed by atoms with E-state index in [4.69, 9.17) is 9.47 Å². The van der Waals surface area contributed by atoms with Crippen LogP contribution in [-0.2, 0) is 0 Å². The first-order chi connectivity index (χ1) is 6.22. The van der Waals surface area contributed by atoms with Crippen LogP contribution in [0.15, 0.2) is 12.1 Å². The van der Waals surface area contributed by atoms with E-state index in [-0.39, 0.29) is 11.3 Å². The highest BCUT2D eigenvalue weighted by Gasteiger charge is 2.10. The van der Waals surface area contributed by atoms with Crippen LogP contribution in [-0.4, -0.2) is 20.5 Å². The molecular formula is C9H9FO3. The molecule has 1 aromatic rings. The molecule has 13 heavy (non-hydrogen) atoms. The molecule has 0 aromatic heterocycles. The van der Waals surface area contributed by atoms with Gasteiger partial charge in [0.05, 0.1) is 19.8 Å². The third-order valence-corrected chi connectivity index (χ3v) is 1.62. The number of carbonyl (C=O) groups is 1. The number of hydrogen-bond acceptors (Lipinski definition) is 3. The van der Waals surface area contributed by atoms with Crippen LogP contribution < -0.4 is 9.47 Å². The fourth-order valence-corrected chi connectivity index (χ4v) is 0.945. The van der Waals surface area contributed by atoms with Crippen LogP contribution in [0, 0.1) is 5.82 Å². The lowest BCUT2D eigenvalue weighted by atomic mass is 10.2. The number of rotatable bonds is 3. The molecule has 3 nitrogen and oxygen atoms in total. The summed E-state index contributed by atoms with van der Waals surface area (Å²) in [6, 6.07) is 2.69. The topological polar surface area (TPSA) is 35.5 Å². The molecule has 1 rings (SSSR count). The Balaban J connectivity index is 3.28. The van der Waals surface area contributed by atoms with Crippen molar-refractivity contribution in [1.82, 2.24) is 0 Å². The number of halogens is 1. The summed E-state index contributed by atoms with van der Waals surface area (Å²) in [6.45, 7) is 0. The van der Waals surface area contributed by atoms with E-state index in [0.29, 0.717) is 12.0 Å². The molecule has 0 atom stereocenters. The molecule has 0 saturated carbocycles. The zero-order valence-electron chi connectivity index (χ0n) is 7.33. The Morgan fingerprint density at radius 2 is 2.00 bits per heavy atom. The predicted octanol–water partition coefficient (Wildman–Crippen LogP) is 1.66. The van der Waals surface area contributed by atoms with Crippen molar-refractivity contribution in [2.24, 2.45) is 0 Å². The zero-order valence-corrected chi connectivity index (χ0v) is 7.33. The Bertz CT molecular complexity index is 323. The fourth-order valence-electron chi connectivity index (χ4n) is 0.945. The van der Waals surface area contributed by atoms with Crippen molar-refractivity contribution >= 4 is 6.29 Å². The summed E-state index contributed by atoms with van der Waals surface area (Å²) in [5.41, 5.74) is -0.0730. The highest BCUT2D eigenvalue weighted by Crippen LogP contribution is 2.25. The molecule has 0 heterocycles. The minimum Gasteiger partial charge on any atom is -0.497 e. The van der Waals surface area contributed by atoms with Crippen LogP contribution in [0.2, 0.25) is 0 Å². The third-order valence-electron chi connectivity index (χ3n) is 1.62. The minimum atomic E-state index is -0.668. The summed E-state index contributed by atoms with van der Waals surface area (Å²) >= 11 is 0. The van der Waals surface area contributed by atoms with Gasteiger partial charge in [0.1, 0.15) is 5.75 Å². The third kappa shape index (κ3) is 1.77. The van der Waals surface area contributed by atoms with Crippen LogP contribution >= 0.6 is 0 Å². The normalized spacial score (nSPS) is 9.46. The number of carbonyl (C=O) groups excluding carboxylic acids is 1. The zero-order chi connectivity index (χ0) is 9.84. The van der Waals surface area contributed by atoms with Gasteiger partial charge in [-0.05, 0) is 6.07 Å². The smallest absolute Gasteiger partial charge is 0.175 e. The molecule has 0 spiro atoms. The highest BCUT2D eigenvalue weighted by molar-refractivity contribution is 5.77. The number of ether oxygens (including phenoxy) is 2. The quantitative estimate of drug-likeness (QED) is 0.668. The maximum atomic E-state index is 13.2. The van der Waals surface area contributed by atoms with Crippen molar-refractivity contribution in [1.29, 1.82) is 0 Å². The summed E-state index contributed by atoms with van der Waals surface area (Å²) in [5.74, 6) is -0.278. The molecule has 0 bridgehead atoms. The van der Waals surface area contributed by atoms with Gasteiger partial charge < -0.3 is 9.47 Å². The van der Waals surface area contributed by atoms with Crippen LogP contribution in [0.5, 0.6) is 11.5 Å². The molecule has 0 radical (unpaired) electrons. The van der Waals surface area contributed by atoms with Gasteiger partial charge >= 0.3 is 0 Å². The van der Waals surface area contributed by atoms with Crippen LogP contribution in [0.3, 0.4) is 0 Å². The highest BCUT2D eigenvalue weighted by atomic mass is 18.2. The van der Waals surface area contributed by atoms with Gasteiger partial charge in [-0.3, -0.25) is 4.79 Å². The first-order valence-electron chi connectivity index (χ1n) is 3.59. The first kappa shape index (κ1) is 9.51. The standard InChI is InChI=1S/C9H9FO3/c1-12-7-3-6(5-11)9(10)8(4-7)13-2/h3-5H,1-2H3/i10-1. The lowest BCUT2D eigenvalue weighted by Gasteiger charge is -2.06. The number of methoxy groups -OCH3 is 2. The van der Waals surface area contributed by atoms with E-state index in [1.807, 2.05) is 0 Å². The van der Waals surface area contributed by atoms with Crippen LogP contribution in [0.25, 0.3) is 0 Å². The second-order valence-corrected chi connectivity index (χ2v) is 2.35. The van der Waals surface area contributed by atoms with E-state index in [1.165, 1.54) is 26.4 Å². The van der Waals surface area contributed by atoms with Crippen LogP contribution in [0.1, 0.15) is 10.4 Å². The maximum Gasteiger partial charge on any atom is 0.175 e. The van der Waals surface area contributed by atoms with Crippen LogP contribution in [0.4, 0.5) is 4.39 Å². The average molecular weight is 183 g/mol. The van der Waals surface area contributed by atoms with Gasteiger partial charge in [0.2, 0.25) is 0 Å². The van der Waals surface area contributed by atoms with E-state index in [2.05, 4.69) is 0 Å².